The summed E-state index contributed by atoms with van der Waals surface area (Å²) in [6.45, 7) is 2.41. The van der Waals surface area contributed by atoms with Crippen LogP contribution in [0.15, 0.2) is 36.5 Å². The molecular weight excluding hydrogens is 214 g/mol. The Bertz CT molecular complexity index is 526. The van der Waals surface area contributed by atoms with E-state index in [4.69, 9.17) is 16.2 Å². The van der Waals surface area contributed by atoms with Crippen molar-refractivity contribution in [3.05, 3.63) is 47.7 Å². The third kappa shape index (κ3) is 2.66. The molecule has 0 atom stereocenters. The van der Waals surface area contributed by atoms with Crippen LogP contribution in [0.5, 0.6) is 5.75 Å². The van der Waals surface area contributed by atoms with Gasteiger partial charge in [0.2, 0.25) is 0 Å². The van der Waals surface area contributed by atoms with E-state index in [1.807, 2.05) is 25.1 Å². The van der Waals surface area contributed by atoms with Gasteiger partial charge in [0.05, 0.1) is 0 Å². The van der Waals surface area contributed by atoms with Crippen LogP contribution in [0.4, 0.5) is 11.5 Å². The van der Waals surface area contributed by atoms with Crippen molar-refractivity contribution in [2.75, 3.05) is 11.5 Å². The van der Waals surface area contributed by atoms with Crippen LogP contribution in [-0.4, -0.2) is 4.98 Å². The van der Waals surface area contributed by atoms with Crippen molar-refractivity contribution in [3.63, 3.8) is 0 Å². The molecule has 4 N–H and O–H groups in total. The lowest BCUT2D eigenvalue weighted by Crippen LogP contribution is -2.03. The minimum atomic E-state index is 0.388. The zero-order valence-electron chi connectivity index (χ0n) is 9.68. The second-order valence-electron chi connectivity index (χ2n) is 3.88. The molecule has 0 saturated carbocycles. The number of anilines is 2. The fourth-order valence-corrected chi connectivity index (χ4v) is 1.54. The van der Waals surface area contributed by atoms with E-state index in [9.17, 15) is 0 Å². The van der Waals surface area contributed by atoms with E-state index < -0.39 is 0 Å². The van der Waals surface area contributed by atoms with Crippen molar-refractivity contribution in [1.82, 2.24) is 4.98 Å². The third-order valence-electron chi connectivity index (χ3n) is 2.48. The van der Waals surface area contributed by atoms with E-state index in [1.54, 1.807) is 18.3 Å². The predicted molar refractivity (Wildman–Crippen MR) is 68.6 cm³/mol. The van der Waals surface area contributed by atoms with Gasteiger partial charge in [0, 0.05) is 17.4 Å². The van der Waals surface area contributed by atoms with E-state index in [0.717, 1.165) is 16.8 Å². The highest BCUT2D eigenvalue weighted by Crippen LogP contribution is 2.21. The van der Waals surface area contributed by atoms with Crippen molar-refractivity contribution in [1.29, 1.82) is 0 Å². The lowest BCUT2D eigenvalue weighted by atomic mass is 10.1. The van der Waals surface area contributed by atoms with Crippen LogP contribution in [0, 0.1) is 6.92 Å². The van der Waals surface area contributed by atoms with E-state index >= 15 is 0 Å². The fraction of sp³-hybridized carbons (Fsp3) is 0.154. The van der Waals surface area contributed by atoms with E-state index in [-0.39, 0.29) is 0 Å². The largest absolute Gasteiger partial charge is 0.485 e. The molecule has 0 aliphatic carbocycles. The number of nitrogens with two attached hydrogens (primary N) is 2. The zero-order chi connectivity index (χ0) is 12.3. The summed E-state index contributed by atoms with van der Waals surface area (Å²) in [5, 5.41) is 0. The molecule has 0 saturated heterocycles. The van der Waals surface area contributed by atoms with Gasteiger partial charge in [-0.25, -0.2) is 4.98 Å². The van der Waals surface area contributed by atoms with E-state index in [2.05, 4.69) is 4.98 Å². The molecule has 2 aromatic rings. The summed E-state index contributed by atoms with van der Waals surface area (Å²) in [6, 6.07) is 9.42. The van der Waals surface area contributed by atoms with E-state index in [1.165, 1.54) is 0 Å². The smallest absolute Gasteiger partial charge is 0.166 e. The Balaban J connectivity index is 2.12. The molecule has 0 amide bonds. The monoisotopic (exact) mass is 229 g/mol. The first-order valence-electron chi connectivity index (χ1n) is 5.35. The lowest BCUT2D eigenvalue weighted by molar-refractivity contribution is 0.307. The Hall–Kier alpha value is -2.23. The van der Waals surface area contributed by atoms with Crippen LogP contribution in [0.25, 0.3) is 0 Å². The summed E-state index contributed by atoms with van der Waals surface area (Å²) in [7, 11) is 0. The van der Waals surface area contributed by atoms with Gasteiger partial charge in [0.25, 0.3) is 0 Å². The van der Waals surface area contributed by atoms with Gasteiger partial charge in [-0.1, -0.05) is 17.7 Å². The molecule has 0 aliphatic heterocycles. The zero-order valence-corrected chi connectivity index (χ0v) is 9.68. The van der Waals surface area contributed by atoms with E-state index in [0.29, 0.717) is 18.2 Å². The summed E-state index contributed by atoms with van der Waals surface area (Å²) in [5.41, 5.74) is 14.4. The number of aryl methyl sites for hydroxylation is 1. The molecule has 0 aliphatic rings. The number of hydrogen-bond acceptors (Lipinski definition) is 4. The SMILES string of the molecule is Cc1ccc(N)c(COc2cccnc2N)c1. The molecule has 0 spiro atoms. The summed E-state index contributed by atoms with van der Waals surface area (Å²) < 4.78 is 5.59. The molecule has 1 aromatic carbocycles. The van der Waals surface area contributed by atoms with Gasteiger partial charge < -0.3 is 16.2 Å². The Morgan fingerprint density at radius 3 is 2.82 bits per heavy atom. The molecule has 4 nitrogen and oxygen atoms in total. The minimum Gasteiger partial charge on any atom is -0.485 e. The van der Waals surface area contributed by atoms with Crippen LogP contribution >= 0.6 is 0 Å². The second kappa shape index (κ2) is 4.74. The third-order valence-corrected chi connectivity index (χ3v) is 2.48. The summed E-state index contributed by atoms with van der Waals surface area (Å²) in [5.74, 6) is 0.965. The first kappa shape index (κ1) is 11.3. The minimum absolute atomic E-state index is 0.388. The Morgan fingerprint density at radius 2 is 2.06 bits per heavy atom. The average Bonchev–Trinajstić information content (AvgIpc) is 2.32. The van der Waals surface area contributed by atoms with Gasteiger partial charge in [-0.05, 0) is 25.1 Å². The van der Waals surface area contributed by atoms with Gasteiger partial charge in [-0.3, -0.25) is 0 Å². The normalized spacial score (nSPS) is 10.2. The van der Waals surface area contributed by atoms with Crippen LogP contribution in [-0.2, 0) is 6.61 Å². The molecular formula is C13H15N3O. The molecule has 0 radical (unpaired) electrons. The maximum Gasteiger partial charge on any atom is 0.166 e. The van der Waals surface area contributed by atoms with Gasteiger partial charge in [0.15, 0.2) is 11.6 Å². The van der Waals surface area contributed by atoms with Crippen molar-refractivity contribution in [3.8, 4) is 5.75 Å². The summed E-state index contributed by atoms with van der Waals surface area (Å²) in [6.07, 6.45) is 1.63. The topological polar surface area (TPSA) is 74.2 Å². The number of hydrogen-bond donors (Lipinski definition) is 2. The van der Waals surface area contributed by atoms with Crippen LogP contribution in [0.3, 0.4) is 0 Å². The highest BCUT2D eigenvalue weighted by Gasteiger charge is 2.03. The van der Waals surface area contributed by atoms with Crippen LogP contribution in [0.2, 0.25) is 0 Å². The number of nitrogens with zero attached hydrogens (tertiary/aromatic N) is 1. The Labute approximate surface area is 100 Å². The Morgan fingerprint density at radius 1 is 1.24 bits per heavy atom. The Kier molecular flexibility index (Phi) is 3.14. The number of ether oxygens (including phenoxy) is 1. The standard InChI is InChI=1S/C13H15N3O/c1-9-4-5-11(14)10(7-9)8-17-12-3-2-6-16-13(12)15/h2-7H,8,14H2,1H3,(H2,15,16). The molecule has 1 aromatic heterocycles. The van der Waals surface area contributed by atoms with Gasteiger partial charge in [-0.15, -0.1) is 0 Å². The molecule has 0 bridgehead atoms. The first-order chi connectivity index (χ1) is 8.16. The molecule has 4 heteroatoms. The molecule has 17 heavy (non-hydrogen) atoms. The molecule has 88 valence electrons. The molecule has 0 fully saturated rings. The lowest BCUT2D eigenvalue weighted by Gasteiger charge is -2.10. The van der Waals surface area contributed by atoms with Gasteiger partial charge in [0.1, 0.15) is 6.61 Å². The number of pyridine rings is 1. The van der Waals surface area contributed by atoms with Crippen molar-refractivity contribution < 1.29 is 4.74 Å². The maximum atomic E-state index is 5.86. The molecule has 2 rings (SSSR count). The molecule has 0 unspecified atom stereocenters. The number of rotatable bonds is 3. The molecule has 1 heterocycles. The van der Waals surface area contributed by atoms with Crippen molar-refractivity contribution in [2.24, 2.45) is 0 Å². The van der Waals surface area contributed by atoms with Crippen LogP contribution < -0.4 is 16.2 Å². The second-order valence-corrected chi connectivity index (χ2v) is 3.88. The van der Waals surface area contributed by atoms with Gasteiger partial charge >= 0.3 is 0 Å². The number of benzene rings is 1. The maximum absolute atomic E-state index is 5.86. The van der Waals surface area contributed by atoms with Crippen molar-refractivity contribution in [2.45, 2.75) is 13.5 Å². The first-order valence-corrected chi connectivity index (χ1v) is 5.35. The average molecular weight is 229 g/mol. The summed E-state index contributed by atoms with van der Waals surface area (Å²) in [4.78, 5) is 3.95. The number of aromatic nitrogens is 1. The highest BCUT2D eigenvalue weighted by atomic mass is 16.5. The van der Waals surface area contributed by atoms with Gasteiger partial charge in [-0.2, -0.15) is 0 Å². The number of nitrogen functional groups attached to an aromatic ring is 2. The van der Waals surface area contributed by atoms with Crippen LogP contribution in [0.1, 0.15) is 11.1 Å². The quantitative estimate of drug-likeness (QED) is 0.791. The summed E-state index contributed by atoms with van der Waals surface area (Å²) >= 11 is 0. The highest BCUT2D eigenvalue weighted by molar-refractivity contribution is 5.49. The predicted octanol–water partition coefficient (Wildman–Crippen LogP) is 2.13. The van der Waals surface area contributed by atoms with Crippen molar-refractivity contribution >= 4 is 11.5 Å². The fourth-order valence-electron chi connectivity index (χ4n) is 1.54.